The molecule has 0 saturated heterocycles. The molecule has 0 saturated carbocycles. The number of benzene rings is 1. The van der Waals surface area contributed by atoms with E-state index in [0.717, 1.165) is 19.7 Å². The summed E-state index contributed by atoms with van der Waals surface area (Å²) in [4.78, 5) is 14.5. The Kier molecular flexibility index (Phi) is 5.04. The molecule has 0 unspecified atom stereocenters. The van der Waals surface area contributed by atoms with Gasteiger partial charge in [-0.15, -0.1) is 11.3 Å². The highest BCUT2D eigenvalue weighted by Crippen LogP contribution is 2.21. The molecule has 3 nitrogen and oxygen atoms in total. The molecule has 0 aliphatic rings. The van der Waals surface area contributed by atoms with Crippen LogP contribution in [-0.2, 0) is 6.54 Å². The van der Waals surface area contributed by atoms with E-state index in [0.29, 0.717) is 6.54 Å². The molecule has 5 heteroatoms. The van der Waals surface area contributed by atoms with Crippen molar-refractivity contribution in [2.75, 3.05) is 5.73 Å². The Morgan fingerprint density at radius 3 is 2.65 bits per heavy atom. The summed E-state index contributed by atoms with van der Waals surface area (Å²) in [5.41, 5.74) is 8.44. The van der Waals surface area contributed by atoms with E-state index < -0.39 is 0 Å². The van der Waals surface area contributed by atoms with Gasteiger partial charge in [0.25, 0.3) is 5.91 Å². The van der Waals surface area contributed by atoms with Crippen molar-refractivity contribution in [3.63, 3.8) is 0 Å². The predicted octanol–water partition coefficient (Wildman–Crippen LogP) is 3.99. The largest absolute Gasteiger partial charge is 0.398 e. The molecule has 0 fully saturated rings. The van der Waals surface area contributed by atoms with Crippen LogP contribution in [-0.4, -0.2) is 16.8 Å². The first-order chi connectivity index (χ1) is 9.49. The molecule has 2 N–H and O–H groups in total. The Morgan fingerprint density at radius 1 is 1.40 bits per heavy atom. The van der Waals surface area contributed by atoms with E-state index in [-0.39, 0.29) is 11.9 Å². The summed E-state index contributed by atoms with van der Waals surface area (Å²) in [6.45, 7) is 4.58. The van der Waals surface area contributed by atoms with Gasteiger partial charge in [0.05, 0.1) is 8.45 Å². The van der Waals surface area contributed by atoms with Crippen molar-refractivity contribution >= 4 is 45.5 Å². The van der Waals surface area contributed by atoms with Gasteiger partial charge in [0.2, 0.25) is 0 Å². The number of hydrogen-bond acceptors (Lipinski definition) is 3. The molecule has 0 atom stereocenters. The first-order valence-corrected chi connectivity index (χ1v) is 8.33. The molecule has 0 bridgehead atoms. The fourth-order valence-corrected chi connectivity index (χ4v) is 3.26. The number of carbonyl (C=O) groups is 1. The van der Waals surface area contributed by atoms with E-state index in [1.165, 1.54) is 0 Å². The van der Waals surface area contributed by atoms with Crippen LogP contribution in [0.3, 0.4) is 0 Å². The van der Waals surface area contributed by atoms with Gasteiger partial charge in [-0.2, -0.15) is 0 Å². The molecule has 0 aliphatic heterocycles. The van der Waals surface area contributed by atoms with Crippen LogP contribution in [0.5, 0.6) is 0 Å². The minimum atomic E-state index is 0.0578. The number of nitrogens with two attached hydrogens (primary N) is 1. The molecule has 0 spiro atoms. The quantitative estimate of drug-likeness (QED) is 0.623. The number of hydrogen-bond donors (Lipinski definition) is 1. The summed E-state index contributed by atoms with van der Waals surface area (Å²) in [5, 5.41) is 1.91. The topological polar surface area (TPSA) is 46.3 Å². The number of anilines is 1. The second-order valence-corrected chi connectivity index (χ2v) is 7.67. The Hall–Kier alpha value is -1.08. The van der Waals surface area contributed by atoms with Gasteiger partial charge in [-0.25, -0.2) is 0 Å². The lowest BCUT2D eigenvalue weighted by Gasteiger charge is -2.27. The van der Waals surface area contributed by atoms with Crippen molar-refractivity contribution in [2.45, 2.75) is 26.4 Å². The van der Waals surface area contributed by atoms with Crippen molar-refractivity contribution < 1.29 is 4.79 Å². The second-order valence-electron chi connectivity index (χ2n) is 4.87. The first-order valence-electron chi connectivity index (χ1n) is 6.37. The van der Waals surface area contributed by atoms with E-state index >= 15 is 0 Å². The molecule has 2 aromatic rings. The fraction of sp³-hybridized carbons (Fsp3) is 0.267. The van der Waals surface area contributed by atoms with Gasteiger partial charge in [0.1, 0.15) is 0 Å². The molecule has 2 rings (SSSR count). The van der Waals surface area contributed by atoms with Crippen LogP contribution in [0.2, 0.25) is 0 Å². The van der Waals surface area contributed by atoms with Gasteiger partial charge in [0, 0.05) is 23.7 Å². The van der Waals surface area contributed by atoms with E-state index in [9.17, 15) is 4.79 Å². The van der Waals surface area contributed by atoms with Crippen molar-refractivity contribution in [1.82, 2.24) is 4.90 Å². The molecule has 1 aromatic carbocycles. The number of thiophene rings is 1. The van der Waals surface area contributed by atoms with Gasteiger partial charge < -0.3 is 10.6 Å². The number of carbonyl (C=O) groups excluding carboxylic acids is 1. The first kappa shape index (κ1) is 15.3. The maximum Gasteiger partial charge on any atom is 0.255 e. The van der Waals surface area contributed by atoms with Crippen LogP contribution in [0, 0.1) is 2.88 Å². The lowest BCUT2D eigenvalue weighted by Crippen LogP contribution is -2.36. The van der Waals surface area contributed by atoms with Gasteiger partial charge in [-0.3, -0.25) is 4.79 Å². The maximum atomic E-state index is 12.6. The average Bonchev–Trinajstić information content (AvgIpc) is 2.83. The van der Waals surface area contributed by atoms with Crippen LogP contribution < -0.4 is 5.73 Å². The summed E-state index contributed by atoms with van der Waals surface area (Å²) in [5.74, 6) is 0.0578. The molecular formula is C15H17IN2OS. The lowest BCUT2D eigenvalue weighted by molar-refractivity contribution is 0.0691. The van der Waals surface area contributed by atoms with Crippen molar-refractivity contribution in [2.24, 2.45) is 0 Å². The Bertz CT molecular complexity index is 609. The molecule has 0 aliphatic carbocycles. The van der Waals surface area contributed by atoms with Crippen LogP contribution in [0.15, 0.2) is 35.7 Å². The zero-order valence-electron chi connectivity index (χ0n) is 11.5. The molecular weight excluding hydrogens is 383 g/mol. The minimum absolute atomic E-state index is 0.0578. The highest BCUT2D eigenvalue weighted by atomic mass is 127. The highest BCUT2D eigenvalue weighted by molar-refractivity contribution is 14.1. The third-order valence-corrected chi connectivity index (χ3v) is 4.88. The summed E-state index contributed by atoms with van der Waals surface area (Å²) >= 11 is 3.82. The van der Waals surface area contributed by atoms with Gasteiger partial charge >= 0.3 is 0 Å². The molecule has 1 amide bonds. The second kappa shape index (κ2) is 6.58. The van der Waals surface area contributed by atoms with Gasteiger partial charge in [-0.1, -0.05) is 18.2 Å². The summed E-state index contributed by atoms with van der Waals surface area (Å²) in [7, 11) is 0. The summed E-state index contributed by atoms with van der Waals surface area (Å²) < 4.78 is 1.12. The molecule has 106 valence electrons. The highest BCUT2D eigenvalue weighted by Gasteiger charge is 2.20. The standard InChI is InChI=1S/C15H17IN2OS/c1-10(2)18(8-11-5-3-4-6-13(11)17)15(19)12-7-14(16)20-9-12/h3-7,9-10H,8,17H2,1-2H3. The average molecular weight is 400 g/mol. The van der Waals surface area contributed by atoms with Crippen molar-refractivity contribution in [1.29, 1.82) is 0 Å². The lowest BCUT2D eigenvalue weighted by atomic mass is 10.1. The smallest absolute Gasteiger partial charge is 0.255 e. The Labute approximate surface area is 136 Å². The zero-order chi connectivity index (χ0) is 14.7. The number of nitrogen functional groups attached to an aromatic ring is 1. The predicted molar refractivity (Wildman–Crippen MR) is 92.9 cm³/mol. The molecule has 1 aromatic heterocycles. The third-order valence-electron chi connectivity index (χ3n) is 3.09. The van der Waals surface area contributed by atoms with E-state index in [2.05, 4.69) is 22.6 Å². The minimum Gasteiger partial charge on any atom is -0.398 e. The number of amides is 1. The molecule has 1 heterocycles. The third kappa shape index (κ3) is 3.52. The van der Waals surface area contributed by atoms with E-state index in [1.54, 1.807) is 11.3 Å². The van der Waals surface area contributed by atoms with Crippen LogP contribution in [0.1, 0.15) is 29.8 Å². The van der Waals surface area contributed by atoms with E-state index in [1.807, 2.05) is 54.5 Å². The number of halogens is 1. The zero-order valence-corrected chi connectivity index (χ0v) is 14.4. The van der Waals surface area contributed by atoms with Crippen LogP contribution in [0.25, 0.3) is 0 Å². The van der Waals surface area contributed by atoms with E-state index in [4.69, 9.17) is 5.73 Å². The number of nitrogens with zero attached hydrogens (tertiary/aromatic N) is 1. The normalized spacial score (nSPS) is 10.8. The van der Waals surface area contributed by atoms with Crippen LogP contribution >= 0.6 is 33.9 Å². The summed E-state index contributed by atoms with van der Waals surface area (Å²) in [6, 6.07) is 9.74. The summed E-state index contributed by atoms with van der Waals surface area (Å²) in [6.07, 6.45) is 0. The maximum absolute atomic E-state index is 12.6. The van der Waals surface area contributed by atoms with Crippen molar-refractivity contribution in [3.8, 4) is 0 Å². The van der Waals surface area contributed by atoms with Gasteiger partial charge in [0.15, 0.2) is 0 Å². The Morgan fingerprint density at radius 2 is 2.10 bits per heavy atom. The number of rotatable bonds is 4. The van der Waals surface area contributed by atoms with Crippen molar-refractivity contribution in [3.05, 3.63) is 49.7 Å². The fourth-order valence-electron chi connectivity index (χ4n) is 1.94. The monoisotopic (exact) mass is 400 g/mol. The molecule has 20 heavy (non-hydrogen) atoms. The number of para-hydroxylation sites is 1. The Balaban J connectivity index is 2.24. The molecule has 0 radical (unpaired) electrons. The van der Waals surface area contributed by atoms with Crippen LogP contribution in [0.4, 0.5) is 5.69 Å². The van der Waals surface area contributed by atoms with Gasteiger partial charge in [-0.05, 0) is 54.1 Å². The SMILES string of the molecule is CC(C)N(Cc1ccccc1N)C(=O)c1csc(I)c1.